The molecule has 1 fully saturated rings. The van der Waals surface area contributed by atoms with Gasteiger partial charge in [-0.15, -0.1) is 0 Å². The number of rotatable bonds is 6. The number of nitrogens with one attached hydrogen (secondary N) is 1. The second-order valence-corrected chi connectivity index (χ2v) is 5.77. The van der Waals surface area contributed by atoms with Crippen molar-refractivity contribution in [3.63, 3.8) is 0 Å². The third-order valence-electron chi connectivity index (χ3n) is 4.09. The van der Waals surface area contributed by atoms with E-state index < -0.39 is 0 Å². The second kappa shape index (κ2) is 7.11. The van der Waals surface area contributed by atoms with Crippen molar-refractivity contribution >= 4 is 0 Å². The van der Waals surface area contributed by atoms with E-state index in [-0.39, 0.29) is 12.7 Å². The maximum atomic E-state index is 9.26. The maximum absolute atomic E-state index is 9.26. The van der Waals surface area contributed by atoms with Crippen molar-refractivity contribution in [3.8, 4) is 11.5 Å². The lowest BCUT2D eigenvalue weighted by Gasteiger charge is -2.32. The number of hydrogen-bond acceptors (Lipinski definition) is 5. The number of nitrogens with zero attached hydrogens (tertiary/aromatic N) is 1. The topological polar surface area (TPSA) is 54.0 Å². The van der Waals surface area contributed by atoms with Crippen LogP contribution < -0.4 is 14.8 Å². The Bertz CT molecular complexity index is 449. The largest absolute Gasteiger partial charge is 0.486 e. The van der Waals surface area contributed by atoms with Gasteiger partial charge in [0.15, 0.2) is 11.5 Å². The summed E-state index contributed by atoms with van der Waals surface area (Å²) in [5.41, 5.74) is 0. The van der Waals surface area contributed by atoms with Crippen molar-refractivity contribution in [2.45, 2.75) is 25.0 Å². The van der Waals surface area contributed by atoms with E-state index in [9.17, 15) is 5.11 Å². The van der Waals surface area contributed by atoms with E-state index in [0.29, 0.717) is 19.2 Å². The molecule has 0 saturated carbocycles. The lowest BCUT2D eigenvalue weighted by Crippen LogP contribution is -2.46. The lowest BCUT2D eigenvalue weighted by atomic mass is 10.2. The van der Waals surface area contributed by atoms with Crippen molar-refractivity contribution in [1.82, 2.24) is 10.2 Å². The standard InChI is InChI=1S/C16H24N2O3/c19-9-8-18(10-13-4-3-7-17-13)11-14-12-20-15-5-1-2-6-16(15)21-14/h1-2,5-6,13-14,17,19H,3-4,7-12H2. The monoisotopic (exact) mass is 292 g/mol. The third kappa shape index (κ3) is 3.87. The summed E-state index contributed by atoms with van der Waals surface area (Å²) in [4.78, 5) is 2.27. The Balaban J connectivity index is 1.55. The highest BCUT2D eigenvalue weighted by atomic mass is 16.6. The average Bonchev–Trinajstić information content (AvgIpc) is 3.00. The van der Waals surface area contributed by atoms with Gasteiger partial charge < -0.3 is 19.9 Å². The molecule has 3 rings (SSSR count). The highest BCUT2D eigenvalue weighted by Crippen LogP contribution is 2.31. The van der Waals surface area contributed by atoms with E-state index in [4.69, 9.17) is 9.47 Å². The Kier molecular flexibility index (Phi) is 4.95. The minimum absolute atomic E-state index is 0.0212. The third-order valence-corrected chi connectivity index (χ3v) is 4.09. The van der Waals surface area contributed by atoms with Crippen LogP contribution in [0.5, 0.6) is 11.5 Å². The van der Waals surface area contributed by atoms with Gasteiger partial charge in [0, 0.05) is 25.7 Å². The van der Waals surface area contributed by atoms with Crippen LogP contribution in [0.2, 0.25) is 0 Å². The van der Waals surface area contributed by atoms with Gasteiger partial charge in [0.05, 0.1) is 6.61 Å². The van der Waals surface area contributed by atoms with Crippen molar-refractivity contribution in [2.75, 3.05) is 39.4 Å². The molecule has 5 heteroatoms. The first-order valence-electron chi connectivity index (χ1n) is 7.80. The predicted octanol–water partition coefficient (Wildman–Crippen LogP) is 0.873. The van der Waals surface area contributed by atoms with Gasteiger partial charge in [-0.05, 0) is 31.5 Å². The molecule has 2 unspecified atom stereocenters. The van der Waals surface area contributed by atoms with Crippen LogP contribution in [0.1, 0.15) is 12.8 Å². The molecule has 0 aromatic heterocycles. The summed E-state index contributed by atoms with van der Waals surface area (Å²) in [7, 11) is 0. The number of benzene rings is 1. The first kappa shape index (κ1) is 14.6. The molecule has 0 aliphatic carbocycles. The second-order valence-electron chi connectivity index (χ2n) is 5.77. The fraction of sp³-hybridized carbons (Fsp3) is 0.625. The normalized spacial score (nSPS) is 24.5. The molecule has 2 aliphatic heterocycles. The minimum atomic E-state index is 0.0212. The van der Waals surface area contributed by atoms with Gasteiger partial charge >= 0.3 is 0 Å². The van der Waals surface area contributed by atoms with Crippen LogP contribution in [-0.2, 0) is 0 Å². The highest BCUT2D eigenvalue weighted by Gasteiger charge is 2.25. The van der Waals surface area contributed by atoms with Crippen LogP contribution >= 0.6 is 0 Å². The number of ether oxygens (including phenoxy) is 2. The average molecular weight is 292 g/mol. The molecular weight excluding hydrogens is 268 g/mol. The molecule has 0 bridgehead atoms. The molecular formula is C16H24N2O3. The molecule has 0 amide bonds. The summed E-state index contributed by atoms with van der Waals surface area (Å²) >= 11 is 0. The number of fused-ring (bicyclic) bond motifs is 1. The van der Waals surface area contributed by atoms with Crippen molar-refractivity contribution < 1.29 is 14.6 Å². The number of para-hydroxylation sites is 2. The maximum Gasteiger partial charge on any atom is 0.161 e. The van der Waals surface area contributed by atoms with E-state index in [0.717, 1.165) is 31.1 Å². The first-order chi connectivity index (χ1) is 10.3. The fourth-order valence-electron chi connectivity index (χ4n) is 3.06. The Morgan fingerprint density at radius 1 is 1.24 bits per heavy atom. The lowest BCUT2D eigenvalue weighted by molar-refractivity contribution is 0.0511. The molecule has 1 saturated heterocycles. The number of aliphatic hydroxyl groups excluding tert-OH is 1. The summed E-state index contributed by atoms with van der Waals surface area (Å²) in [6.45, 7) is 4.27. The van der Waals surface area contributed by atoms with Gasteiger partial charge in [-0.25, -0.2) is 0 Å². The molecule has 2 atom stereocenters. The van der Waals surface area contributed by atoms with E-state index >= 15 is 0 Å². The van der Waals surface area contributed by atoms with Crippen LogP contribution in [-0.4, -0.2) is 61.5 Å². The molecule has 116 valence electrons. The molecule has 2 heterocycles. The zero-order valence-electron chi connectivity index (χ0n) is 12.3. The van der Waals surface area contributed by atoms with Crippen molar-refractivity contribution in [2.24, 2.45) is 0 Å². The Labute approximate surface area is 125 Å². The molecule has 1 aromatic rings. The predicted molar refractivity (Wildman–Crippen MR) is 80.9 cm³/mol. The Hall–Kier alpha value is -1.30. The summed E-state index contributed by atoms with van der Waals surface area (Å²) < 4.78 is 11.8. The van der Waals surface area contributed by atoms with Gasteiger partial charge in [0.2, 0.25) is 0 Å². The minimum Gasteiger partial charge on any atom is -0.486 e. The molecule has 0 radical (unpaired) electrons. The van der Waals surface area contributed by atoms with Gasteiger partial charge in [0.25, 0.3) is 0 Å². The van der Waals surface area contributed by atoms with Gasteiger partial charge in [-0.1, -0.05) is 12.1 Å². The first-order valence-corrected chi connectivity index (χ1v) is 7.80. The van der Waals surface area contributed by atoms with Gasteiger partial charge in [-0.2, -0.15) is 0 Å². The molecule has 2 N–H and O–H groups in total. The fourth-order valence-corrected chi connectivity index (χ4v) is 3.06. The van der Waals surface area contributed by atoms with Crippen LogP contribution in [0, 0.1) is 0 Å². The Morgan fingerprint density at radius 3 is 2.86 bits per heavy atom. The summed E-state index contributed by atoms with van der Waals surface area (Å²) in [6, 6.07) is 8.31. The Morgan fingerprint density at radius 2 is 2.10 bits per heavy atom. The van der Waals surface area contributed by atoms with E-state index in [1.807, 2.05) is 24.3 Å². The summed E-state index contributed by atoms with van der Waals surface area (Å²) in [6.07, 6.45) is 2.48. The molecule has 21 heavy (non-hydrogen) atoms. The molecule has 1 aromatic carbocycles. The zero-order valence-corrected chi connectivity index (χ0v) is 12.3. The number of aliphatic hydroxyl groups is 1. The van der Waals surface area contributed by atoms with Crippen LogP contribution in [0.3, 0.4) is 0 Å². The zero-order chi connectivity index (χ0) is 14.5. The van der Waals surface area contributed by atoms with E-state index in [2.05, 4.69) is 10.2 Å². The SMILES string of the molecule is OCCN(CC1CCCN1)CC1COc2ccccc2O1. The summed E-state index contributed by atoms with van der Waals surface area (Å²) in [5.74, 6) is 1.64. The summed E-state index contributed by atoms with van der Waals surface area (Å²) in [5, 5.41) is 12.8. The quantitative estimate of drug-likeness (QED) is 0.815. The van der Waals surface area contributed by atoms with Crippen LogP contribution in [0.25, 0.3) is 0 Å². The van der Waals surface area contributed by atoms with Gasteiger partial charge in [-0.3, -0.25) is 4.90 Å². The van der Waals surface area contributed by atoms with Crippen LogP contribution in [0.15, 0.2) is 24.3 Å². The number of hydrogen-bond donors (Lipinski definition) is 2. The highest BCUT2D eigenvalue weighted by molar-refractivity contribution is 5.40. The molecule has 2 aliphatic rings. The van der Waals surface area contributed by atoms with Crippen molar-refractivity contribution in [3.05, 3.63) is 24.3 Å². The van der Waals surface area contributed by atoms with E-state index in [1.165, 1.54) is 12.8 Å². The molecule has 5 nitrogen and oxygen atoms in total. The van der Waals surface area contributed by atoms with E-state index in [1.54, 1.807) is 0 Å². The van der Waals surface area contributed by atoms with Crippen molar-refractivity contribution in [1.29, 1.82) is 0 Å². The molecule has 0 spiro atoms. The van der Waals surface area contributed by atoms with Gasteiger partial charge in [0.1, 0.15) is 12.7 Å². The smallest absolute Gasteiger partial charge is 0.161 e. The van der Waals surface area contributed by atoms with Crippen LogP contribution in [0.4, 0.5) is 0 Å².